The van der Waals surface area contributed by atoms with E-state index in [0.717, 1.165) is 6.42 Å². The highest BCUT2D eigenvalue weighted by Gasteiger charge is 2.17. The molecular weight excluding hydrogens is 321 g/mol. The summed E-state index contributed by atoms with van der Waals surface area (Å²) in [6.07, 6.45) is -1.88. The van der Waals surface area contributed by atoms with Gasteiger partial charge in [-0.05, 0) is 40.5 Å². The number of halogens is 4. The minimum Gasteiger partial charge on any atom is -0.384 e. The van der Waals surface area contributed by atoms with Gasteiger partial charge in [0.25, 0.3) is 6.43 Å². The molecule has 1 heterocycles. The van der Waals surface area contributed by atoms with Crippen molar-refractivity contribution >= 4 is 32.5 Å². The first kappa shape index (κ1) is 14.1. The molecule has 19 heavy (non-hydrogen) atoms. The maximum absolute atomic E-state index is 13.9. The van der Waals surface area contributed by atoms with Crippen LogP contribution in [0.1, 0.15) is 25.5 Å². The van der Waals surface area contributed by atoms with Crippen molar-refractivity contribution in [1.82, 2.24) is 4.98 Å². The zero-order valence-electron chi connectivity index (χ0n) is 10.2. The number of alkyl halides is 2. The van der Waals surface area contributed by atoms with E-state index in [1.807, 2.05) is 6.92 Å². The van der Waals surface area contributed by atoms with Crippen LogP contribution >= 0.6 is 15.9 Å². The Morgan fingerprint density at radius 2 is 2.11 bits per heavy atom. The predicted molar refractivity (Wildman–Crippen MR) is 73.1 cm³/mol. The topological polar surface area (TPSA) is 24.9 Å². The molecule has 2 rings (SSSR count). The Labute approximate surface area is 117 Å². The Balaban J connectivity index is 2.70. The first-order valence-electron chi connectivity index (χ1n) is 5.85. The second kappa shape index (κ2) is 5.77. The Bertz CT molecular complexity index is 602. The van der Waals surface area contributed by atoms with Crippen LogP contribution in [-0.2, 0) is 0 Å². The second-order valence-electron chi connectivity index (χ2n) is 4.07. The van der Waals surface area contributed by atoms with Gasteiger partial charge < -0.3 is 5.32 Å². The maximum Gasteiger partial charge on any atom is 0.280 e. The molecule has 0 spiro atoms. The third kappa shape index (κ3) is 2.83. The Morgan fingerprint density at radius 1 is 1.37 bits per heavy atom. The molecule has 1 aromatic carbocycles. The molecule has 0 saturated heterocycles. The number of nitrogens with zero attached hydrogens (tertiary/aromatic N) is 1. The third-order valence-electron chi connectivity index (χ3n) is 2.67. The lowest BCUT2D eigenvalue weighted by atomic mass is 10.1. The van der Waals surface area contributed by atoms with Gasteiger partial charge in [-0.3, -0.25) is 0 Å². The van der Waals surface area contributed by atoms with Crippen LogP contribution in [-0.4, -0.2) is 11.5 Å². The van der Waals surface area contributed by atoms with Crippen LogP contribution in [0.3, 0.4) is 0 Å². The molecule has 0 saturated carbocycles. The molecule has 2 nitrogen and oxygen atoms in total. The molecule has 102 valence electrons. The average Bonchev–Trinajstić information content (AvgIpc) is 2.39. The number of nitrogens with one attached hydrogen (secondary N) is 1. The van der Waals surface area contributed by atoms with Gasteiger partial charge in [-0.15, -0.1) is 0 Å². The van der Waals surface area contributed by atoms with Crippen LogP contribution in [0.5, 0.6) is 0 Å². The third-order valence-corrected chi connectivity index (χ3v) is 3.31. The van der Waals surface area contributed by atoms with Gasteiger partial charge in [-0.1, -0.05) is 6.92 Å². The Kier molecular flexibility index (Phi) is 4.29. The smallest absolute Gasteiger partial charge is 0.280 e. The highest BCUT2D eigenvalue weighted by molar-refractivity contribution is 9.10. The van der Waals surface area contributed by atoms with Crippen molar-refractivity contribution in [3.8, 4) is 0 Å². The number of anilines is 1. The zero-order chi connectivity index (χ0) is 14.0. The summed E-state index contributed by atoms with van der Waals surface area (Å²) in [5, 5.41) is 3.20. The monoisotopic (exact) mass is 332 g/mol. The second-order valence-corrected chi connectivity index (χ2v) is 4.93. The predicted octanol–water partition coefficient (Wildman–Crippen LogP) is 4.90. The molecule has 6 heteroatoms. The largest absolute Gasteiger partial charge is 0.384 e. The molecular formula is C13H12BrF3N2. The summed E-state index contributed by atoms with van der Waals surface area (Å²) < 4.78 is 40.1. The molecule has 1 N–H and O–H groups in total. The van der Waals surface area contributed by atoms with Gasteiger partial charge >= 0.3 is 0 Å². The first-order valence-corrected chi connectivity index (χ1v) is 6.64. The van der Waals surface area contributed by atoms with E-state index < -0.39 is 12.2 Å². The number of fused-ring (bicyclic) bond motifs is 1. The van der Waals surface area contributed by atoms with Crippen molar-refractivity contribution < 1.29 is 13.2 Å². The molecule has 2 aromatic rings. The van der Waals surface area contributed by atoms with E-state index in [-0.39, 0.29) is 16.6 Å². The Morgan fingerprint density at radius 3 is 2.74 bits per heavy atom. The fourth-order valence-electron chi connectivity index (χ4n) is 1.80. The minimum absolute atomic E-state index is 0.205. The van der Waals surface area contributed by atoms with Crippen LogP contribution in [0.2, 0.25) is 0 Å². The van der Waals surface area contributed by atoms with Gasteiger partial charge in [0.15, 0.2) is 0 Å². The van der Waals surface area contributed by atoms with Crippen LogP contribution < -0.4 is 5.32 Å². The van der Waals surface area contributed by atoms with Crippen LogP contribution in [0.4, 0.5) is 18.9 Å². The quantitative estimate of drug-likeness (QED) is 0.861. The van der Waals surface area contributed by atoms with E-state index in [2.05, 4.69) is 26.2 Å². The van der Waals surface area contributed by atoms with Gasteiger partial charge in [0.05, 0.1) is 10.9 Å². The molecule has 0 bridgehead atoms. The van der Waals surface area contributed by atoms with Gasteiger partial charge in [-0.25, -0.2) is 18.2 Å². The summed E-state index contributed by atoms with van der Waals surface area (Å²) in [6, 6.07) is 3.95. The zero-order valence-corrected chi connectivity index (χ0v) is 11.8. The maximum atomic E-state index is 13.9. The number of aromatic nitrogens is 1. The van der Waals surface area contributed by atoms with Crippen LogP contribution in [0, 0.1) is 5.82 Å². The molecule has 0 fully saturated rings. The van der Waals surface area contributed by atoms with E-state index in [9.17, 15) is 13.2 Å². The van der Waals surface area contributed by atoms with E-state index >= 15 is 0 Å². The van der Waals surface area contributed by atoms with Gasteiger partial charge in [0.1, 0.15) is 11.5 Å². The number of hydrogen-bond donors (Lipinski definition) is 1. The van der Waals surface area contributed by atoms with Crippen molar-refractivity contribution in [3.63, 3.8) is 0 Å². The summed E-state index contributed by atoms with van der Waals surface area (Å²) in [6.45, 7) is 2.52. The van der Waals surface area contributed by atoms with Crippen LogP contribution in [0.15, 0.2) is 22.7 Å². The van der Waals surface area contributed by atoms with Crippen molar-refractivity contribution in [2.24, 2.45) is 0 Å². The van der Waals surface area contributed by atoms with Gasteiger partial charge in [0, 0.05) is 16.7 Å². The molecule has 0 aliphatic carbocycles. The summed E-state index contributed by atoms with van der Waals surface area (Å²) in [5.41, 5.74) is 0.190. The van der Waals surface area contributed by atoms with Crippen molar-refractivity contribution in [2.45, 2.75) is 19.8 Å². The number of benzene rings is 1. The molecule has 1 aromatic heterocycles. The molecule has 0 aliphatic heterocycles. The summed E-state index contributed by atoms with van der Waals surface area (Å²) in [7, 11) is 0. The lowest BCUT2D eigenvalue weighted by Crippen LogP contribution is -2.04. The minimum atomic E-state index is -2.69. The lowest BCUT2D eigenvalue weighted by Gasteiger charge is -2.12. The molecule has 0 amide bonds. The van der Waals surface area contributed by atoms with E-state index in [1.165, 1.54) is 18.2 Å². The summed E-state index contributed by atoms with van der Waals surface area (Å²) in [4.78, 5) is 3.83. The highest BCUT2D eigenvalue weighted by Crippen LogP contribution is 2.33. The summed E-state index contributed by atoms with van der Waals surface area (Å²) >= 11 is 3.21. The SMILES string of the molecule is CCCNc1cc(C(F)F)nc2c(Br)ccc(F)c12. The molecule has 0 unspecified atom stereocenters. The first-order chi connectivity index (χ1) is 9.04. The fourth-order valence-corrected chi connectivity index (χ4v) is 2.22. The lowest BCUT2D eigenvalue weighted by molar-refractivity contribution is 0.146. The van der Waals surface area contributed by atoms with Crippen molar-refractivity contribution in [1.29, 1.82) is 0 Å². The van der Waals surface area contributed by atoms with E-state index in [4.69, 9.17) is 0 Å². The summed E-state index contributed by atoms with van der Waals surface area (Å²) in [5.74, 6) is -0.481. The number of hydrogen-bond acceptors (Lipinski definition) is 2. The number of rotatable bonds is 4. The molecule has 0 radical (unpaired) electrons. The fraction of sp³-hybridized carbons (Fsp3) is 0.308. The van der Waals surface area contributed by atoms with Gasteiger partial charge in [0.2, 0.25) is 0 Å². The Hall–Kier alpha value is -1.30. The van der Waals surface area contributed by atoms with E-state index in [0.29, 0.717) is 16.7 Å². The highest BCUT2D eigenvalue weighted by atomic mass is 79.9. The number of pyridine rings is 1. The van der Waals surface area contributed by atoms with Crippen molar-refractivity contribution in [3.05, 3.63) is 34.2 Å². The normalized spacial score (nSPS) is 11.3. The van der Waals surface area contributed by atoms with E-state index in [1.54, 1.807) is 0 Å². The molecule has 0 atom stereocenters. The standard InChI is InChI=1S/C13H12BrF3N2/c1-2-5-18-9-6-10(13(16)17)19-12-7(14)3-4-8(15)11(9)12/h3-4,6,13H,2,5H2,1H3,(H,18,19). The molecule has 0 aliphatic rings. The van der Waals surface area contributed by atoms with Crippen molar-refractivity contribution in [2.75, 3.05) is 11.9 Å². The average molecular weight is 333 g/mol. The van der Waals surface area contributed by atoms with Crippen LogP contribution in [0.25, 0.3) is 10.9 Å². The van der Waals surface area contributed by atoms with Gasteiger partial charge in [-0.2, -0.15) is 0 Å².